The maximum absolute atomic E-state index is 12.0. The molecule has 1 fully saturated rings. The minimum atomic E-state index is -0.826. The fourth-order valence-electron chi connectivity index (χ4n) is 2.73. The van der Waals surface area contributed by atoms with Gasteiger partial charge in [-0.2, -0.15) is 5.26 Å². The third kappa shape index (κ3) is 4.98. The average Bonchev–Trinajstić information content (AvgIpc) is 2.61. The Kier molecular flexibility index (Phi) is 6.19. The number of nitrogens with zero attached hydrogens (tertiary/aromatic N) is 1. The van der Waals surface area contributed by atoms with Crippen molar-refractivity contribution in [2.24, 2.45) is 0 Å². The van der Waals surface area contributed by atoms with Crippen LogP contribution in [0, 0.1) is 11.3 Å². The number of para-hydroxylation sites is 1. The normalized spacial score (nSPS) is 17.2. The number of nitriles is 1. The number of ether oxygens (including phenoxy) is 2. The van der Waals surface area contributed by atoms with Crippen molar-refractivity contribution in [3.05, 3.63) is 30.3 Å². The van der Waals surface area contributed by atoms with Crippen LogP contribution < -0.4 is 10.1 Å². The molecule has 1 saturated carbocycles. The third-order valence-electron chi connectivity index (χ3n) is 4.03. The number of hydrogen-bond acceptors (Lipinski definition) is 5. The van der Waals surface area contributed by atoms with Crippen molar-refractivity contribution in [3.8, 4) is 11.8 Å². The van der Waals surface area contributed by atoms with E-state index < -0.39 is 30.1 Å². The average molecular weight is 330 g/mol. The maximum Gasteiger partial charge on any atom is 0.347 e. The maximum atomic E-state index is 12.0. The van der Waals surface area contributed by atoms with Crippen LogP contribution in [0.15, 0.2) is 30.3 Å². The van der Waals surface area contributed by atoms with Gasteiger partial charge in [0.15, 0.2) is 12.7 Å². The van der Waals surface area contributed by atoms with E-state index in [2.05, 4.69) is 11.4 Å². The number of rotatable bonds is 6. The summed E-state index contributed by atoms with van der Waals surface area (Å²) in [5, 5.41) is 12.0. The largest absolute Gasteiger partial charge is 0.479 e. The van der Waals surface area contributed by atoms with Gasteiger partial charge in [-0.05, 0) is 31.9 Å². The highest BCUT2D eigenvalue weighted by molar-refractivity contribution is 5.82. The summed E-state index contributed by atoms with van der Waals surface area (Å²) in [5.41, 5.74) is -0.826. The number of amides is 1. The van der Waals surface area contributed by atoms with Gasteiger partial charge in [0.05, 0.1) is 6.07 Å². The lowest BCUT2D eigenvalue weighted by Crippen LogP contribution is -2.50. The quantitative estimate of drug-likeness (QED) is 0.809. The van der Waals surface area contributed by atoms with Gasteiger partial charge in [0, 0.05) is 0 Å². The van der Waals surface area contributed by atoms with Gasteiger partial charge in [-0.3, -0.25) is 4.79 Å². The van der Waals surface area contributed by atoms with Crippen molar-refractivity contribution in [2.45, 2.75) is 50.7 Å². The van der Waals surface area contributed by atoms with E-state index in [4.69, 9.17) is 9.47 Å². The van der Waals surface area contributed by atoms with Gasteiger partial charge in [-0.1, -0.05) is 37.5 Å². The second-order valence-corrected chi connectivity index (χ2v) is 5.98. The lowest BCUT2D eigenvalue weighted by Gasteiger charge is -2.31. The lowest BCUT2D eigenvalue weighted by atomic mass is 9.83. The van der Waals surface area contributed by atoms with E-state index in [0.29, 0.717) is 18.6 Å². The van der Waals surface area contributed by atoms with Crippen LogP contribution in [0.5, 0.6) is 5.75 Å². The predicted octanol–water partition coefficient (Wildman–Crippen LogP) is 2.34. The highest BCUT2D eigenvalue weighted by atomic mass is 16.6. The second-order valence-electron chi connectivity index (χ2n) is 5.98. The number of esters is 1. The SMILES string of the molecule is C[C@H](Oc1ccccc1)C(=O)OCC(=O)NC1(C#N)CCCCC1. The van der Waals surface area contributed by atoms with Crippen LogP contribution in [0.2, 0.25) is 0 Å². The molecule has 0 heterocycles. The standard InChI is InChI=1S/C18H22N2O4/c1-14(24-15-8-4-2-5-9-15)17(22)23-12-16(21)20-18(13-19)10-6-3-7-11-18/h2,4-5,8-9,14H,3,6-7,10-12H2,1H3,(H,20,21)/t14-/m0/s1. The van der Waals surface area contributed by atoms with Crippen LogP contribution in [0.4, 0.5) is 0 Å². The number of carbonyl (C=O) groups is 2. The van der Waals surface area contributed by atoms with Crippen molar-refractivity contribution in [1.29, 1.82) is 5.26 Å². The van der Waals surface area contributed by atoms with Gasteiger partial charge in [0.1, 0.15) is 11.3 Å². The van der Waals surface area contributed by atoms with E-state index in [-0.39, 0.29) is 0 Å². The fraction of sp³-hybridized carbons (Fsp3) is 0.500. The van der Waals surface area contributed by atoms with Crippen molar-refractivity contribution >= 4 is 11.9 Å². The Hall–Kier alpha value is -2.55. The molecule has 1 aromatic carbocycles. The molecule has 0 radical (unpaired) electrons. The van der Waals surface area contributed by atoms with Crippen LogP contribution in [0.1, 0.15) is 39.0 Å². The lowest BCUT2D eigenvalue weighted by molar-refractivity contribution is -0.155. The van der Waals surface area contributed by atoms with Crippen LogP contribution in [0.25, 0.3) is 0 Å². The first-order chi connectivity index (χ1) is 11.5. The molecule has 0 spiro atoms. The summed E-state index contributed by atoms with van der Waals surface area (Å²) in [6.45, 7) is 1.15. The van der Waals surface area contributed by atoms with Crippen LogP contribution in [-0.2, 0) is 14.3 Å². The molecular weight excluding hydrogens is 308 g/mol. The minimum absolute atomic E-state index is 0.412. The Morgan fingerprint density at radius 2 is 1.92 bits per heavy atom. The first-order valence-corrected chi connectivity index (χ1v) is 8.15. The molecule has 6 heteroatoms. The molecule has 2 rings (SSSR count). The molecule has 1 aromatic rings. The molecule has 0 bridgehead atoms. The van der Waals surface area contributed by atoms with Crippen LogP contribution >= 0.6 is 0 Å². The first kappa shape index (κ1) is 17.8. The van der Waals surface area contributed by atoms with Crippen molar-refractivity contribution < 1.29 is 19.1 Å². The Bertz CT molecular complexity index is 603. The fourth-order valence-corrected chi connectivity index (χ4v) is 2.73. The number of nitrogens with one attached hydrogen (secondary N) is 1. The summed E-state index contributed by atoms with van der Waals surface area (Å²) < 4.78 is 10.4. The summed E-state index contributed by atoms with van der Waals surface area (Å²) in [6.07, 6.45) is 3.35. The van der Waals surface area contributed by atoms with Crippen LogP contribution in [0.3, 0.4) is 0 Å². The van der Waals surface area contributed by atoms with Gasteiger partial charge in [0.2, 0.25) is 0 Å². The highest BCUT2D eigenvalue weighted by Gasteiger charge is 2.33. The molecule has 1 N–H and O–H groups in total. The van der Waals surface area contributed by atoms with Gasteiger partial charge in [-0.15, -0.1) is 0 Å². The summed E-state index contributed by atoms with van der Waals surface area (Å²) in [4.78, 5) is 23.9. The molecule has 0 aromatic heterocycles. The summed E-state index contributed by atoms with van der Waals surface area (Å²) in [6, 6.07) is 11.1. The molecule has 1 aliphatic rings. The topological polar surface area (TPSA) is 88.4 Å². The number of hydrogen-bond donors (Lipinski definition) is 1. The molecule has 24 heavy (non-hydrogen) atoms. The number of benzene rings is 1. The zero-order valence-corrected chi connectivity index (χ0v) is 13.8. The molecular formula is C18H22N2O4. The van der Waals surface area contributed by atoms with Gasteiger partial charge >= 0.3 is 5.97 Å². The smallest absolute Gasteiger partial charge is 0.347 e. The van der Waals surface area contributed by atoms with Crippen LogP contribution in [-0.4, -0.2) is 30.1 Å². The van der Waals surface area contributed by atoms with Crippen molar-refractivity contribution in [1.82, 2.24) is 5.32 Å². The van der Waals surface area contributed by atoms with Gasteiger partial charge < -0.3 is 14.8 Å². The monoisotopic (exact) mass is 330 g/mol. The Morgan fingerprint density at radius 1 is 1.25 bits per heavy atom. The molecule has 1 aliphatic carbocycles. The van der Waals surface area contributed by atoms with Gasteiger partial charge in [0.25, 0.3) is 5.91 Å². The zero-order valence-electron chi connectivity index (χ0n) is 13.8. The second kappa shape index (κ2) is 8.34. The van der Waals surface area contributed by atoms with Crippen molar-refractivity contribution in [2.75, 3.05) is 6.61 Å². The number of carbonyl (C=O) groups excluding carboxylic acids is 2. The summed E-state index contributed by atoms with van der Waals surface area (Å²) in [7, 11) is 0. The van der Waals surface area contributed by atoms with E-state index in [1.807, 2.05) is 6.07 Å². The highest BCUT2D eigenvalue weighted by Crippen LogP contribution is 2.27. The molecule has 0 unspecified atom stereocenters. The molecule has 128 valence electrons. The summed E-state index contributed by atoms with van der Waals surface area (Å²) in [5.74, 6) is -0.528. The van der Waals surface area contributed by atoms with E-state index in [0.717, 1.165) is 19.3 Å². The predicted molar refractivity (Wildman–Crippen MR) is 87.1 cm³/mol. The zero-order chi connectivity index (χ0) is 17.4. The van der Waals surface area contributed by atoms with Crippen molar-refractivity contribution in [3.63, 3.8) is 0 Å². The van der Waals surface area contributed by atoms with E-state index in [1.165, 1.54) is 0 Å². The molecule has 0 saturated heterocycles. The first-order valence-electron chi connectivity index (χ1n) is 8.15. The Balaban J connectivity index is 1.78. The molecule has 1 amide bonds. The Labute approximate surface area is 141 Å². The molecule has 1 atom stereocenters. The van der Waals surface area contributed by atoms with E-state index in [1.54, 1.807) is 31.2 Å². The third-order valence-corrected chi connectivity index (χ3v) is 4.03. The van der Waals surface area contributed by atoms with E-state index in [9.17, 15) is 14.9 Å². The van der Waals surface area contributed by atoms with E-state index >= 15 is 0 Å². The van der Waals surface area contributed by atoms with Gasteiger partial charge in [-0.25, -0.2) is 4.79 Å². The molecule has 0 aliphatic heterocycles. The summed E-state index contributed by atoms with van der Waals surface area (Å²) >= 11 is 0. The Morgan fingerprint density at radius 3 is 2.54 bits per heavy atom. The minimum Gasteiger partial charge on any atom is -0.479 e. The molecule has 6 nitrogen and oxygen atoms in total.